The Kier molecular flexibility index (Phi) is 6.28. The Hall–Kier alpha value is -3.65. The summed E-state index contributed by atoms with van der Waals surface area (Å²) in [6, 6.07) is 24.0. The molecule has 0 radical (unpaired) electrons. The van der Waals surface area contributed by atoms with Crippen molar-refractivity contribution >= 4 is 40.1 Å². The molecule has 0 aliphatic heterocycles. The van der Waals surface area contributed by atoms with E-state index in [1.54, 1.807) is 0 Å². The molecule has 7 nitrogen and oxygen atoms in total. The van der Waals surface area contributed by atoms with Crippen LogP contribution in [0.4, 0.5) is 11.4 Å². The molecule has 4 aromatic rings. The standard InChI is InChI=1S/C23H20N4O3S/c28-22(24-18-10-12-19(13-11-18)27(29)30)16-31-23-25-20-8-4-5-9-21(20)26(23)15-14-17-6-2-1-3-7-17/h1-13H,14-16H2,(H,24,28). The predicted molar refractivity (Wildman–Crippen MR) is 122 cm³/mol. The van der Waals surface area contributed by atoms with Gasteiger partial charge < -0.3 is 9.88 Å². The highest BCUT2D eigenvalue weighted by Crippen LogP contribution is 2.25. The molecule has 0 saturated heterocycles. The Morgan fingerprint density at radius 3 is 2.45 bits per heavy atom. The monoisotopic (exact) mass is 432 g/mol. The lowest BCUT2D eigenvalue weighted by molar-refractivity contribution is -0.384. The summed E-state index contributed by atoms with van der Waals surface area (Å²) in [5, 5.41) is 14.3. The number of hydrogen-bond donors (Lipinski definition) is 1. The van der Waals surface area contributed by atoms with Gasteiger partial charge in [0.05, 0.1) is 21.7 Å². The van der Waals surface area contributed by atoms with Crippen molar-refractivity contribution in [3.8, 4) is 0 Å². The van der Waals surface area contributed by atoms with Gasteiger partial charge in [-0.2, -0.15) is 0 Å². The molecular weight excluding hydrogens is 412 g/mol. The Morgan fingerprint density at radius 2 is 1.71 bits per heavy atom. The van der Waals surface area contributed by atoms with Crippen LogP contribution >= 0.6 is 11.8 Å². The van der Waals surface area contributed by atoms with Crippen LogP contribution in [-0.2, 0) is 17.8 Å². The lowest BCUT2D eigenvalue weighted by atomic mass is 10.1. The van der Waals surface area contributed by atoms with Gasteiger partial charge in [0.15, 0.2) is 5.16 Å². The molecule has 1 N–H and O–H groups in total. The molecule has 0 saturated carbocycles. The molecule has 0 fully saturated rings. The molecule has 1 aromatic heterocycles. The summed E-state index contributed by atoms with van der Waals surface area (Å²) in [6.45, 7) is 0.761. The molecule has 0 aliphatic rings. The smallest absolute Gasteiger partial charge is 0.269 e. The number of para-hydroxylation sites is 2. The molecule has 3 aromatic carbocycles. The van der Waals surface area contributed by atoms with Crippen LogP contribution in [0.1, 0.15) is 5.56 Å². The number of non-ortho nitro benzene ring substituents is 1. The molecule has 8 heteroatoms. The first-order chi connectivity index (χ1) is 15.1. The van der Waals surface area contributed by atoms with Gasteiger partial charge in [0.1, 0.15) is 0 Å². The van der Waals surface area contributed by atoms with Gasteiger partial charge >= 0.3 is 0 Å². The number of benzene rings is 3. The number of carbonyl (C=O) groups is 1. The maximum Gasteiger partial charge on any atom is 0.269 e. The van der Waals surface area contributed by atoms with Crippen molar-refractivity contribution in [3.63, 3.8) is 0 Å². The maximum absolute atomic E-state index is 12.4. The number of thioether (sulfide) groups is 1. The number of amides is 1. The quantitative estimate of drug-likeness (QED) is 0.242. The van der Waals surface area contributed by atoms with Crippen LogP contribution in [0.3, 0.4) is 0 Å². The zero-order valence-electron chi connectivity index (χ0n) is 16.6. The van der Waals surface area contributed by atoms with E-state index in [1.165, 1.54) is 41.6 Å². The number of nitrogens with one attached hydrogen (secondary N) is 1. The van der Waals surface area contributed by atoms with Gasteiger partial charge in [0.25, 0.3) is 5.69 Å². The Labute approximate surface area is 183 Å². The van der Waals surface area contributed by atoms with Crippen molar-refractivity contribution in [2.75, 3.05) is 11.1 Å². The fourth-order valence-corrected chi connectivity index (χ4v) is 4.10. The van der Waals surface area contributed by atoms with E-state index in [0.717, 1.165) is 29.2 Å². The van der Waals surface area contributed by atoms with Crippen LogP contribution in [0.15, 0.2) is 84.0 Å². The largest absolute Gasteiger partial charge is 0.325 e. The van der Waals surface area contributed by atoms with E-state index in [-0.39, 0.29) is 17.3 Å². The van der Waals surface area contributed by atoms with E-state index in [9.17, 15) is 14.9 Å². The zero-order valence-corrected chi connectivity index (χ0v) is 17.4. The van der Waals surface area contributed by atoms with Gasteiger partial charge in [-0.3, -0.25) is 14.9 Å². The second-order valence-electron chi connectivity index (χ2n) is 6.91. The summed E-state index contributed by atoms with van der Waals surface area (Å²) in [7, 11) is 0. The third-order valence-electron chi connectivity index (χ3n) is 4.78. The molecule has 0 bridgehead atoms. The Morgan fingerprint density at radius 1 is 1.00 bits per heavy atom. The van der Waals surface area contributed by atoms with E-state index < -0.39 is 4.92 Å². The third kappa shape index (κ3) is 5.10. The number of nitro groups is 1. The highest BCUT2D eigenvalue weighted by atomic mass is 32.2. The minimum Gasteiger partial charge on any atom is -0.325 e. The average Bonchev–Trinajstić information content (AvgIpc) is 3.15. The molecule has 0 unspecified atom stereocenters. The first kappa shape index (κ1) is 20.6. The van der Waals surface area contributed by atoms with Crippen molar-refractivity contribution in [1.29, 1.82) is 0 Å². The molecule has 1 amide bonds. The van der Waals surface area contributed by atoms with Gasteiger partial charge in [-0.1, -0.05) is 54.2 Å². The second kappa shape index (κ2) is 9.44. The summed E-state index contributed by atoms with van der Waals surface area (Å²) in [4.78, 5) is 27.4. The van der Waals surface area contributed by atoms with Crippen molar-refractivity contribution in [2.24, 2.45) is 0 Å². The summed E-state index contributed by atoms with van der Waals surface area (Å²) >= 11 is 1.37. The summed E-state index contributed by atoms with van der Waals surface area (Å²) in [6.07, 6.45) is 0.865. The predicted octanol–water partition coefficient (Wildman–Crippen LogP) is 4.92. The lowest BCUT2D eigenvalue weighted by Crippen LogP contribution is -2.14. The highest BCUT2D eigenvalue weighted by molar-refractivity contribution is 7.99. The van der Waals surface area contributed by atoms with E-state index in [0.29, 0.717) is 5.69 Å². The molecule has 156 valence electrons. The van der Waals surface area contributed by atoms with E-state index >= 15 is 0 Å². The van der Waals surface area contributed by atoms with Gasteiger partial charge in [0, 0.05) is 24.4 Å². The third-order valence-corrected chi connectivity index (χ3v) is 5.76. The topological polar surface area (TPSA) is 90.1 Å². The molecule has 1 heterocycles. The van der Waals surface area contributed by atoms with Gasteiger partial charge in [0.2, 0.25) is 5.91 Å². The Balaban J connectivity index is 1.44. The molecular formula is C23H20N4O3S. The number of hydrogen-bond acceptors (Lipinski definition) is 5. The van der Waals surface area contributed by atoms with Crippen molar-refractivity contribution in [3.05, 3.63) is 94.5 Å². The average molecular weight is 433 g/mol. The number of fused-ring (bicyclic) bond motifs is 1. The second-order valence-corrected chi connectivity index (χ2v) is 7.85. The normalized spacial score (nSPS) is 10.8. The lowest BCUT2D eigenvalue weighted by Gasteiger charge is -2.09. The van der Waals surface area contributed by atoms with Crippen LogP contribution in [0.5, 0.6) is 0 Å². The number of rotatable bonds is 8. The van der Waals surface area contributed by atoms with Crippen LogP contribution in [0.2, 0.25) is 0 Å². The summed E-state index contributed by atoms with van der Waals surface area (Å²) in [5.41, 5.74) is 3.69. The molecule has 31 heavy (non-hydrogen) atoms. The minimum atomic E-state index is -0.471. The number of carbonyl (C=O) groups excluding carboxylic acids is 1. The van der Waals surface area contributed by atoms with E-state index in [2.05, 4.69) is 22.0 Å². The first-order valence-corrected chi connectivity index (χ1v) is 10.7. The fraction of sp³-hybridized carbons (Fsp3) is 0.130. The first-order valence-electron chi connectivity index (χ1n) is 9.76. The van der Waals surface area contributed by atoms with Crippen molar-refractivity contribution < 1.29 is 9.72 Å². The Bertz CT molecular complexity index is 1210. The number of imidazole rings is 1. The van der Waals surface area contributed by atoms with Crippen LogP contribution in [0.25, 0.3) is 11.0 Å². The van der Waals surface area contributed by atoms with Gasteiger partial charge in [-0.05, 0) is 36.2 Å². The summed E-state index contributed by atoms with van der Waals surface area (Å²) in [5.74, 6) is -0.00781. The number of aromatic nitrogens is 2. The van der Waals surface area contributed by atoms with Crippen LogP contribution in [0, 0.1) is 10.1 Å². The number of anilines is 1. The SMILES string of the molecule is O=C(CSc1nc2ccccc2n1CCc1ccccc1)Nc1ccc([N+](=O)[O-])cc1. The number of aryl methyl sites for hydroxylation is 2. The van der Waals surface area contributed by atoms with E-state index in [4.69, 9.17) is 4.98 Å². The van der Waals surface area contributed by atoms with Gasteiger partial charge in [-0.25, -0.2) is 4.98 Å². The van der Waals surface area contributed by atoms with Crippen molar-refractivity contribution in [1.82, 2.24) is 9.55 Å². The van der Waals surface area contributed by atoms with Crippen molar-refractivity contribution in [2.45, 2.75) is 18.1 Å². The van der Waals surface area contributed by atoms with Gasteiger partial charge in [-0.15, -0.1) is 0 Å². The maximum atomic E-state index is 12.4. The minimum absolute atomic E-state index is 0.0143. The zero-order chi connectivity index (χ0) is 21.6. The van der Waals surface area contributed by atoms with Crippen LogP contribution in [-0.4, -0.2) is 26.1 Å². The molecule has 0 atom stereocenters. The molecule has 0 aliphatic carbocycles. The van der Waals surface area contributed by atoms with Crippen LogP contribution < -0.4 is 5.32 Å². The highest BCUT2D eigenvalue weighted by Gasteiger charge is 2.13. The molecule has 0 spiro atoms. The number of nitro benzene ring substituents is 1. The fourth-order valence-electron chi connectivity index (χ4n) is 3.26. The van der Waals surface area contributed by atoms with E-state index in [1.807, 2.05) is 42.5 Å². The number of nitrogens with zero attached hydrogens (tertiary/aromatic N) is 3. The summed E-state index contributed by atoms with van der Waals surface area (Å²) < 4.78 is 2.14. The molecule has 4 rings (SSSR count).